The van der Waals surface area contributed by atoms with E-state index >= 15 is 0 Å². The fourth-order valence-electron chi connectivity index (χ4n) is 2.22. The van der Waals surface area contributed by atoms with Crippen molar-refractivity contribution in [2.75, 3.05) is 30.3 Å². The van der Waals surface area contributed by atoms with Crippen molar-refractivity contribution < 1.29 is 9.53 Å². The molecule has 1 aromatic heterocycles. The lowest BCUT2D eigenvalue weighted by Crippen LogP contribution is -2.40. The molecule has 1 aliphatic heterocycles. The first-order valence-corrected chi connectivity index (χ1v) is 6.69. The molecule has 104 valence electrons. The molecule has 0 spiro atoms. The number of rotatable bonds is 3. The topological polar surface area (TPSA) is 81.3 Å². The van der Waals surface area contributed by atoms with Crippen LogP contribution in [0, 0.1) is 5.92 Å². The van der Waals surface area contributed by atoms with Crippen LogP contribution in [0.3, 0.4) is 0 Å². The highest BCUT2D eigenvalue weighted by atomic mass is 35.5. The molecule has 1 atom stereocenters. The Balaban J connectivity index is 2.10. The lowest BCUT2D eigenvalue weighted by molar-refractivity contribution is -0.148. The average Bonchev–Trinajstić information content (AvgIpc) is 2.38. The van der Waals surface area contributed by atoms with Crippen LogP contribution in [-0.4, -0.2) is 35.6 Å². The van der Waals surface area contributed by atoms with E-state index in [0.717, 1.165) is 19.4 Å². The van der Waals surface area contributed by atoms with Crippen LogP contribution in [0.1, 0.15) is 19.8 Å². The summed E-state index contributed by atoms with van der Waals surface area (Å²) in [6.45, 7) is 3.61. The Bertz CT molecular complexity index is 449. The van der Waals surface area contributed by atoms with Crippen molar-refractivity contribution >= 4 is 29.3 Å². The van der Waals surface area contributed by atoms with E-state index in [1.165, 1.54) is 0 Å². The second kappa shape index (κ2) is 6.06. The Kier molecular flexibility index (Phi) is 4.42. The summed E-state index contributed by atoms with van der Waals surface area (Å²) in [5.74, 6) is 0.524. The number of nitrogens with two attached hydrogens (primary N) is 1. The second-order valence-corrected chi connectivity index (χ2v) is 4.83. The van der Waals surface area contributed by atoms with Crippen LogP contribution in [0.15, 0.2) is 6.07 Å². The minimum Gasteiger partial charge on any atom is -0.466 e. The summed E-state index contributed by atoms with van der Waals surface area (Å²) in [7, 11) is 0. The number of piperidine rings is 1. The number of nitrogen functional groups attached to an aromatic ring is 1. The van der Waals surface area contributed by atoms with E-state index in [-0.39, 0.29) is 17.8 Å². The smallest absolute Gasteiger partial charge is 0.310 e. The number of aromatic nitrogens is 2. The molecule has 1 aromatic rings. The largest absolute Gasteiger partial charge is 0.466 e. The maximum absolute atomic E-state index is 11.8. The summed E-state index contributed by atoms with van der Waals surface area (Å²) in [6, 6.07) is 1.66. The highest BCUT2D eigenvalue weighted by molar-refractivity contribution is 6.29. The quantitative estimate of drug-likeness (QED) is 0.669. The zero-order valence-electron chi connectivity index (χ0n) is 10.8. The molecule has 2 heterocycles. The number of carbonyl (C=O) groups excluding carboxylic acids is 1. The maximum atomic E-state index is 11.8. The lowest BCUT2D eigenvalue weighted by atomic mass is 9.98. The molecule has 0 saturated carbocycles. The lowest BCUT2D eigenvalue weighted by Gasteiger charge is -2.32. The minimum atomic E-state index is -0.152. The van der Waals surface area contributed by atoms with Crippen molar-refractivity contribution in [1.29, 1.82) is 0 Å². The van der Waals surface area contributed by atoms with Gasteiger partial charge in [0, 0.05) is 19.2 Å². The van der Waals surface area contributed by atoms with Gasteiger partial charge in [0.2, 0.25) is 5.95 Å². The van der Waals surface area contributed by atoms with Crippen molar-refractivity contribution in [1.82, 2.24) is 9.97 Å². The first-order valence-electron chi connectivity index (χ1n) is 6.31. The number of anilines is 2. The summed E-state index contributed by atoms with van der Waals surface area (Å²) in [5.41, 5.74) is 5.58. The predicted molar refractivity (Wildman–Crippen MR) is 73.0 cm³/mol. The molecule has 1 aliphatic rings. The fourth-order valence-corrected chi connectivity index (χ4v) is 2.41. The van der Waals surface area contributed by atoms with Crippen molar-refractivity contribution in [3.05, 3.63) is 11.2 Å². The van der Waals surface area contributed by atoms with E-state index in [2.05, 4.69) is 9.97 Å². The first kappa shape index (κ1) is 13.9. The molecule has 6 nitrogen and oxygen atoms in total. The highest BCUT2D eigenvalue weighted by Crippen LogP contribution is 2.24. The van der Waals surface area contributed by atoms with E-state index in [0.29, 0.717) is 24.1 Å². The van der Waals surface area contributed by atoms with Gasteiger partial charge in [-0.3, -0.25) is 4.79 Å². The molecule has 0 amide bonds. The molecule has 0 aromatic carbocycles. The number of nitrogens with zero attached hydrogens (tertiary/aromatic N) is 3. The predicted octanol–water partition coefficient (Wildman–Crippen LogP) is 1.49. The van der Waals surface area contributed by atoms with Crippen LogP contribution in [0.4, 0.5) is 11.8 Å². The van der Waals surface area contributed by atoms with Gasteiger partial charge >= 0.3 is 5.97 Å². The third-order valence-corrected chi connectivity index (χ3v) is 3.26. The summed E-state index contributed by atoms with van der Waals surface area (Å²) in [4.78, 5) is 21.8. The fraction of sp³-hybridized carbons (Fsp3) is 0.583. The van der Waals surface area contributed by atoms with Crippen LogP contribution < -0.4 is 10.6 Å². The zero-order valence-corrected chi connectivity index (χ0v) is 11.6. The van der Waals surface area contributed by atoms with Gasteiger partial charge in [-0.2, -0.15) is 4.98 Å². The molecule has 1 fully saturated rings. The number of ether oxygens (including phenoxy) is 1. The number of halogens is 1. The third kappa shape index (κ3) is 3.47. The van der Waals surface area contributed by atoms with Gasteiger partial charge in [-0.25, -0.2) is 4.98 Å². The van der Waals surface area contributed by atoms with Gasteiger partial charge in [-0.1, -0.05) is 11.6 Å². The van der Waals surface area contributed by atoms with Gasteiger partial charge in [-0.15, -0.1) is 0 Å². The maximum Gasteiger partial charge on any atom is 0.310 e. The van der Waals surface area contributed by atoms with Crippen LogP contribution >= 0.6 is 11.6 Å². The van der Waals surface area contributed by atoms with E-state index in [1.54, 1.807) is 6.07 Å². The van der Waals surface area contributed by atoms with E-state index < -0.39 is 0 Å². The van der Waals surface area contributed by atoms with Gasteiger partial charge in [0.1, 0.15) is 11.0 Å². The molecular weight excluding hydrogens is 268 g/mol. The number of hydrogen-bond donors (Lipinski definition) is 1. The molecule has 2 rings (SSSR count). The third-order valence-electron chi connectivity index (χ3n) is 3.06. The Morgan fingerprint density at radius 3 is 3.11 bits per heavy atom. The minimum absolute atomic E-state index is 0.122. The van der Waals surface area contributed by atoms with E-state index in [4.69, 9.17) is 22.1 Å². The molecule has 0 bridgehead atoms. The van der Waals surface area contributed by atoms with Gasteiger partial charge in [0.05, 0.1) is 12.5 Å². The second-order valence-electron chi connectivity index (χ2n) is 4.44. The Morgan fingerprint density at radius 1 is 1.63 bits per heavy atom. The highest BCUT2D eigenvalue weighted by Gasteiger charge is 2.27. The van der Waals surface area contributed by atoms with Crippen LogP contribution in [0.25, 0.3) is 0 Å². The van der Waals surface area contributed by atoms with Crippen molar-refractivity contribution in [2.24, 2.45) is 5.92 Å². The zero-order chi connectivity index (χ0) is 13.8. The first-order chi connectivity index (χ1) is 9.10. The standard InChI is InChI=1S/C12H17ClN4O2/c1-2-19-11(18)8-4-3-5-17(7-8)10-6-9(13)15-12(14)16-10/h6,8H,2-5,7H2,1H3,(H2,14,15,16)/t8-/m1/s1. The monoisotopic (exact) mass is 284 g/mol. The Labute approximate surface area is 116 Å². The molecular formula is C12H17ClN4O2. The Hall–Kier alpha value is -1.56. The van der Waals surface area contributed by atoms with Crippen molar-refractivity contribution in [3.8, 4) is 0 Å². The summed E-state index contributed by atoms with van der Waals surface area (Å²) >= 11 is 5.87. The molecule has 0 unspecified atom stereocenters. The number of carbonyl (C=O) groups is 1. The SMILES string of the molecule is CCOC(=O)[C@@H]1CCCN(c2cc(Cl)nc(N)n2)C1. The van der Waals surface area contributed by atoms with E-state index in [9.17, 15) is 4.79 Å². The van der Waals surface area contributed by atoms with Crippen molar-refractivity contribution in [2.45, 2.75) is 19.8 Å². The molecule has 2 N–H and O–H groups in total. The van der Waals surface area contributed by atoms with Gasteiger partial charge in [-0.05, 0) is 19.8 Å². The summed E-state index contributed by atoms with van der Waals surface area (Å²) < 4.78 is 5.06. The van der Waals surface area contributed by atoms with Crippen LogP contribution in [-0.2, 0) is 9.53 Å². The Morgan fingerprint density at radius 2 is 2.42 bits per heavy atom. The molecule has 0 radical (unpaired) electrons. The van der Waals surface area contributed by atoms with Crippen LogP contribution in [0.2, 0.25) is 5.15 Å². The summed E-state index contributed by atoms with van der Waals surface area (Å²) in [5, 5.41) is 0.306. The molecule has 1 saturated heterocycles. The molecule has 19 heavy (non-hydrogen) atoms. The average molecular weight is 285 g/mol. The number of hydrogen-bond acceptors (Lipinski definition) is 6. The summed E-state index contributed by atoms with van der Waals surface area (Å²) in [6.07, 6.45) is 1.74. The normalized spacial score (nSPS) is 19.3. The van der Waals surface area contributed by atoms with Gasteiger partial charge in [0.25, 0.3) is 0 Å². The van der Waals surface area contributed by atoms with Gasteiger partial charge < -0.3 is 15.4 Å². The van der Waals surface area contributed by atoms with E-state index in [1.807, 2.05) is 11.8 Å². The number of esters is 1. The van der Waals surface area contributed by atoms with Crippen molar-refractivity contribution in [3.63, 3.8) is 0 Å². The molecule has 7 heteroatoms. The van der Waals surface area contributed by atoms with Crippen LogP contribution in [0.5, 0.6) is 0 Å². The van der Waals surface area contributed by atoms with Gasteiger partial charge in [0.15, 0.2) is 0 Å². The molecule has 0 aliphatic carbocycles.